The van der Waals surface area contributed by atoms with Gasteiger partial charge in [0.15, 0.2) is 0 Å². The number of carboxylic acid groups (broad SMARTS) is 1. The molecular weight excluding hydrogens is 345 g/mol. The van der Waals surface area contributed by atoms with Gasteiger partial charge in [0.2, 0.25) is 0 Å². The minimum absolute atomic E-state index is 0. The first-order valence-electron chi connectivity index (χ1n) is 9.67. The van der Waals surface area contributed by atoms with Crippen molar-refractivity contribution in [3.05, 3.63) is 0 Å². The van der Waals surface area contributed by atoms with E-state index in [1.54, 1.807) is 0 Å². The molecule has 0 amide bonds. The van der Waals surface area contributed by atoms with Crippen molar-refractivity contribution < 1.29 is 53.8 Å². The monoisotopic (exact) mass is 379 g/mol. The zero-order valence-electron chi connectivity index (χ0n) is 16.6. The quantitative estimate of drug-likeness (QED) is 0.169. The van der Waals surface area contributed by atoms with Gasteiger partial charge < -0.3 is 20.4 Å². The molecule has 0 saturated carbocycles. The number of hydrogen-bond acceptors (Lipinski definition) is 6. The third-order valence-electron chi connectivity index (χ3n) is 4.16. The summed E-state index contributed by atoms with van der Waals surface area (Å²) < 4.78 is 4.62. The van der Waals surface area contributed by atoms with Gasteiger partial charge >= 0.3 is 41.5 Å². The van der Waals surface area contributed by atoms with Crippen LogP contribution in [0.3, 0.4) is 0 Å². The van der Waals surface area contributed by atoms with E-state index in [4.69, 9.17) is 5.73 Å². The summed E-state index contributed by atoms with van der Waals surface area (Å²) in [6.45, 7) is 2.22. The second kappa shape index (κ2) is 19.3. The smallest absolute Gasteiger partial charge is 0.550 e. The molecule has 7 heteroatoms. The van der Waals surface area contributed by atoms with Gasteiger partial charge in [-0.3, -0.25) is 4.79 Å². The van der Waals surface area contributed by atoms with E-state index in [-0.39, 0.29) is 48.8 Å². The molecule has 0 aromatic heterocycles. The summed E-state index contributed by atoms with van der Waals surface area (Å²) in [5, 5.41) is 10.3. The normalized spacial score (nSPS) is 11.5. The van der Waals surface area contributed by atoms with Crippen molar-refractivity contribution in [3.8, 4) is 0 Å². The molecule has 0 saturated heterocycles. The van der Waals surface area contributed by atoms with Crippen LogP contribution in [-0.2, 0) is 19.1 Å². The van der Waals surface area contributed by atoms with Crippen molar-refractivity contribution in [1.82, 2.24) is 0 Å². The Bertz CT molecular complexity index is 390. The molecule has 0 heterocycles. The number of aliphatic carboxylic acids is 1. The minimum Gasteiger partial charge on any atom is -0.550 e. The van der Waals surface area contributed by atoms with Crippen LogP contribution < -0.4 is 40.4 Å². The second-order valence-electron chi connectivity index (χ2n) is 6.60. The van der Waals surface area contributed by atoms with E-state index in [0.717, 1.165) is 12.8 Å². The minimum atomic E-state index is -1.28. The molecule has 26 heavy (non-hydrogen) atoms. The molecule has 0 bridgehead atoms. The van der Waals surface area contributed by atoms with Gasteiger partial charge in [0, 0.05) is 12.4 Å². The molecule has 0 rings (SSSR count). The molecule has 0 fully saturated rings. The van der Waals surface area contributed by atoms with Crippen LogP contribution in [0.5, 0.6) is 0 Å². The predicted octanol–water partition coefficient (Wildman–Crippen LogP) is -0.381. The molecule has 0 radical (unpaired) electrons. The average Bonchev–Trinajstić information content (AvgIpc) is 2.57. The van der Waals surface area contributed by atoms with Crippen LogP contribution >= 0.6 is 0 Å². The molecule has 0 unspecified atom stereocenters. The van der Waals surface area contributed by atoms with Crippen LogP contribution in [0.1, 0.15) is 96.8 Å². The molecule has 0 aromatic rings. The van der Waals surface area contributed by atoms with Crippen molar-refractivity contribution in [3.63, 3.8) is 0 Å². The van der Waals surface area contributed by atoms with Gasteiger partial charge in [0.1, 0.15) is 6.04 Å². The Labute approximate surface area is 179 Å². The van der Waals surface area contributed by atoms with E-state index in [1.807, 2.05) is 0 Å². The summed E-state index contributed by atoms with van der Waals surface area (Å²) in [6.07, 6.45) is 12.8. The van der Waals surface area contributed by atoms with Gasteiger partial charge in [-0.05, 0) is 19.3 Å². The molecule has 0 aliphatic rings. The number of rotatable bonds is 16. The molecule has 2 N–H and O–H groups in total. The fraction of sp³-hybridized carbons (Fsp3) is 0.842. The van der Waals surface area contributed by atoms with E-state index in [9.17, 15) is 19.5 Å². The first-order valence-corrected chi connectivity index (χ1v) is 9.67. The molecule has 146 valence electrons. The zero-order chi connectivity index (χ0) is 18.9. The second-order valence-corrected chi connectivity index (χ2v) is 6.60. The third kappa shape index (κ3) is 18.4. The number of unbranched alkanes of at least 4 members (excludes halogenated alkanes) is 10. The Balaban J connectivity index is 0. The number of carbonyl (C=O) groups excluding carboxylic acids is 3. The molecule has 0 aliphatic carbocycles. The van der Waals surface area contributed by atoms with Gasteiger partial charge in [-0.15, -0.1) is 0 Å². The van der Waals surface area contributed by atoms with Crippen molar-refractivity contribution in [2.45, 2.75) is 103 Å². The Morgan fingerprint density at radius 3 is 1.77 bits per heavy atom. The molecule has 0 aromatic carbocycles. The Morgan fingerprint density at radius 2 is 1.31 bits per heavy atom. The van der Waals surface area contributed by atoms with Gasteiger partial charge in [0.05, 0.1) is 0 Å². The SMILES string of the molecule is CCCCCCCCCCCCCC(=O)OC(=O)[C@@H](N)CCC(=O)[O-].[Na+]. The predicted molar refractivity (Wildman–Crippen MR) is 94.4 cm³/mol. The van der Waals surface area contributed by atoms with E-state index in [0.29, 0.717) is 6.42 Å². The Kier molecular flexibility index (Phi) is 20.7. The molecule has 0 spiro atoms. The van der Waals surface area contributed by atoms with Crippen LogP contribution in [0.15, 0.2) is 0 Å². The first kappa shape index (κ1) is 27.8. The Morgan fingerprint density at radius 1 is 0.846 bits per heavy atom. The van der Waals surface area contributed by atoms with Gasteiger partial charge in [-0.2, -0.15) is 0 Å². The molecule has 6 nitrogen and oxygen atoms in total. The van der Waals surface area contributed by atoms with Gasteiger partial charge in [0.25, 0.3) is 0 Å². The zero-order valence-corrected chi connectivity index (χ0v) is 18.6. The van der Waals surface area contributed by atoms with E-state index < -0.39 is 23.9 Å². The third-order valence-corrected chi connectivity index (χ3v) is 4.16. The summed E-state index contributed by atoms with van der Waals surface area (Å²) in [5.41, 5.74) is 5.46. The summed E-state index contributed by atoms with van der Waals surface area (Å²) in [4.78, 5) is 33.3. The summed E-state index contributed by atoms with van der Waals surface area (Å²) in [6, 6.07) is -1.10. The number of ether oxygens (including phenoxy) is 1. The van der Waals surface area contributed by atoms with Crippen molar-refractivity contribution >= 4 is 17.9 Å². The van der Waals surface area contributed by atoms with Gasteiger partial charge in [-0.1, -0.05) is 71.1 Å². The maximum Gasteiger partial charge on any atom is 1.00 e. The van der Waals surface area contributed by atoms with Crippen LogP contribution in [-0.4, -0.2) is 23.9 Å². The number of carboxylic acids is 1. The summed E-state index contributed by atoms with van der Waals surface area (Å²) >= 11 is 0. The van der Waals surface area contributed by atoms with Crippen molar-refractivity contribution in [2.24, 2.45) is 5.73 Å². The summed E-state index contributed by atoms with van der Waals surface area (Å²) in [5.74, 6) is -2.74. The fourth-order valence-corrected chi connectivity index (χ4v) is 2.56. The number of esters is 2. The maximum atomic E-state index is 11.5. The average molecular weight is 379 g/mol. The maximum absolute atomic E-state index is 11.5. The first-order chi connectivity index (χ1) is 12.0. The fourth-order valence-electron chi connectivity index (χ4n) is 2.56. The van der Waals surface area contributed by atoms with E-state index in [2.05, 4.69) is 11.7 Å². The summed E-state index contributed by atoms with van der Waals surface area (Å²) in [7, 11) is 0. The van der Waals surface area contributed by atoms with Crippen LogP contribution in [0, 0.1) is 0 Å². The molecular formula is C19H34NNaO5. The van der Waals surface area contributed by atoms with Crippen LogP contribution in [0.2, 0.25) is 0 Å². The number of hydrogen-bond donors (Lipinski definition) is 1. The molecule has 0 aliphatic heterocycles. The Hall–Kier alpha value is -0.430. The van der Waals surface area contributed by atoms with Crippen LogP contribution in [0.4, 0.5) is 0 Å². The topological polar surface area (TPSA) is 110 Å². The number of nitrogens with two attached hydrogens (primary N) is 1. The van der Waals surface area contributed by atoms with Gasteiger partial charge in [-0.25, -0.2) is 4.79 Å². The van der Waals surface area contributed by atoms with E-state index >= 15 is 0 Å². The largest absolute Gasteiger partial charge is 1.00 e. The molecule has 1 atom stereocenters. The van der Waals surface area contributed by atoms with E-state index in [1.165, 1.54) is 51.4 Å². The standard InChI is InChI=1S/C19H35NO5.Na/c1-2-3-4-5-6-7-8-9-10-11-12-13-18(23)25-19(24)16(20)14-15-17(21)22;/h16H,2-15,20H2,1H3,(H,21,22);/q;+1/p-1/t16-;/m0./s1. The van der Waals surface area contributed by atoms with Crippen molar-refractivity contribution in [1.29, 1.82) is 0 Å². The van der Waals surface area contributed by atoms with Crippen LogP contribution in [0.25, 0.3) is 0 Å². The van der Waals surface area contributed by atoms with Crippen molar-refractivity contribution in [2.75, 3.05) is 0 Å². The number of carbonyl (C=O) groups is 3.